The summed E-state index contributed by atoms with van der Waals surface area (Å²) in [5, 5.41) is 21.9. The standard InChI is InChI=1S/C22H24F3N3O4/c23-22(24,25)14-1-2-17-16(11-14)18-19(32-17)20(30)27-6-8-28(18)7-3-15-12-21(13-26,4-9-29)5-10-31-15/h1-2,11,15,29H,3-10,12H2,(H,27,30). The van der Waals surface area contributed by atoms with Crippen LogP contribution < -0.4 is 10.2 Å². The lowest BCUT2D eigenvalue weighted by atomic mass is 9.76. The molecule has 0 saturated carbocycles. The number of halogens is 3. The van der Waals surface area contributed by atoms with Gasteiger partial charge in [-0.3, -0.25) is 4.79 Å². The Morgan fingerprint density at radius 2 is 2.19 bits per heavy atom. The van der Waals surface area contributed by atoms with E-state index in [1.165, 1.54) is 6.07 Å². The van der Waals surface area contributed by atoms with Gasteiger partial charge in [-0.1, -0.05) is 0 Å². The minimum Gasteiger partial charge on any atom is -0.449 e. The lowest BCUT2D eigenvalue weighted by molar-refractivity contribution is -0.137. The van der Waals surface area contributed by atoms with Crippen molar-refractivity contribution < 1.29 is 32.2 Å². The predicted molar refractivity (Wildman–Crippen MR) is 109 cm³/mol. The number of carbonyl (C=O) groups excluding carboxylic acids is 1. The van der Waals surface area contributed by atoms with Crippen molar-refractivity contribution in [1.29, 1.82) is 5.26 Å². The number of hydrogen-bond acceptors (Lipinski definition) is 6. The fourth-order valence-electron chi connectivity index (χ4n) is 4.55. The van der Waals surface area contributed by atoms with E-state index in [-0.39, 0.29) is 29.4 Å². The van der Waals surface area contributed by atoms with Crippen LogP contribution in [0.15, 0.2) is 22.6 Å². The summed E-state index contributed by atoms with van der Waals surface area (Å²) in [5.41, 5.74) is -0.885. The summed E-state index contributed by atoms with van der Waals surface area (Å²) >= 11 is 0. The lowest BCUT2D eigenvalue weighted by Gasteiger charge is -2.36. The van der Waals surface area contributed by atoms with E-state index in [4.69, 9.17) is 9.15 Å². The average molecular weight is 451 g/mol. The number of nitriles is 1. The second-order valence-electron chi connectivity index (χ2n) is 8.33. The van der Waals surface area contributed by atoms with Crippen molar-refractivity contribution in [2.45, 2.75) is 38.0 Å². The van der Waals surface area contributed by atoms with Crippen LogP contribution in [0.25, 0.3) is 11.0 Å². The summed E-state index contributed by atoms with van der Waals surface area (Å²) in [5.74, 6) is -0.472. The molecule has 0 aliphatic carbocycles. The molecule has 1 saturated heterocycles. The van der Waals surface area contributed by atoms with E-state index in [1.807, 2.05) is 4.90 Å². The molecule has 1 aromatic heterocycles. The third kappa shape index (κ3) is 4.27. The molecule has 2 N–H and O–H groups in total. The van der Waals surface area contributed by atoms with Gasteiger partial charge < -0.3 is 24.5 Å². The molecule has 0 bridgehead atoms. The summed E-state index contributed by atoms with van der Waals surface area (Å²) in [7, 11) is 0. The van der Waals surface area contributed by atoms with Gasteiger partial charge in [0.05, 0.1) is 28.8 Å². The number of anilines is 1. The van der Waals surface area contributed by atoms with Gasteiger partial charge in [0, 0.05) is 38.2 Å². The number of hydrogen-bond donors (Lipinski definition) is 2. The molecule has 2 atom stereocenters. The fraction of sp³-hybridized carbons (Fsp3) is 0.545. The number of furan rings is 1. The van der Waals surface area contributed by atoms with Gasteiger partial charge in [-0.15, -0.1) is 0 Å². The third-order valence-electron chi connectivity index (χ3n) is 6.28. The number of nitrogens with one attached hydrogen (secondary N) is 1. The molecular formula is C22H24F3N3O4. The number of benzene rings is 1. The van der Waals surface area contributed by atoms with Crippen molar-refractivity contribution in [3.8, 4) is 6.07 Å². The first-order chi connectivity index (χ1) is 15.3. The van der Waals surface area contributed by atoms with Crippen LogP contribution in [0.4, 0.5) is 18.9 Å². The van der Waals surface area contributed by atoms with E-state index in [1.54, 1.807) is 0 Å². The zero-order valence-electron chi connectivity index (χ0n) is 17.4. The topological polar surface area (TPSA) is 98.7 Å². The highest BCUT2D eigenvalue weighted by atomic mass is 19.4. The molecule has 10 heteroatoms. The molecule has 1 fully saturated rings. The molecule has 1 aromatic carbocycles. The molecule has 1 amide bonds. The highest BCUT2D eigenvalue weighted by molar-refractivity contribution is 6.07. The van der Waals surface area contributed by atoms with Crippen LogP contribution in [0.1, 0.15) is 41.8 Å². The van der Waals surface area contributed by atoms with E-state index in [2.05, 4.69) is 11.4 Å². The number of rotatable bonds is 5. The second-order valence-corrected chi connectivity index (χ2v) is 8.33. The van der Waals surface area contributed by atoms with Crippen molar-refractivity contribution >= 4 is 22.6 Å². The molecule has 2 unspecified atom stereocenters. The summed E-state index contributed by atoms with van der Waals surface area (Å²) in [6.45, 7) is 1.47. The number of ether oxygens (including phenoxy) is 1. The maximum Gasteiger partial charge on any atom is 0.416 e. The number of amides is 1. The SMILES string of the molecule is N#CC1(CCO)CCOC(CCN2CCNC(=O)c3oc4ccc(C(F)(F)F)cc4c32)C1. The van der Waals surface area contributed by atoms with Gasteiger partial charge in [0.1, 0.15) is 5.58 Å². The molecule has 7 nitrogen and oxygen atoms in total. The van der Waals surface area contributed by atoms with Gasteiger partial charge in [-0.25, -0.2) is 0 Å². The van der Waals surface area contributed by atoms with E-state index in [9.17, 15) is 28.3 Å². The highest BCUT2D eigenvalue weighted by Gasteiger charge is 2.38. The third-order valence-corrected chi connectivity index (χ3v) is 6.28. The number of fused-ring (bicyclic) bond motifs is 3. The Labute approximate surface area is 182 Å². The molecule has 2 aliphatic heterocycles. The maximum absolute atomic E-state index is 13.3. The Bertz CT molecular complexity index is 1040. The number of alkyl halides is 3. The molecule has 0 spiro atoms. The maximum atomic E-state index is 13.3. The molecule has 2 aromatic rings. The largest absolute Gasteiger partial charge is 0.449 e. The Balaban J connectivity index is 1.61. The second kappa shape index (κ2) is 8.64. The average Bonchev–Trinajstić information content (AvgIpc) is 3.07. The molecule has 3 heterocycles. The van der Waals surface area contributed by atoms with Crippen LogP contribution in [0, 0.1) is 16.7 Å². The zero-order chi connectivity index (χ0) is 22.9. The summed E-state index contributed by atoms with van der Waals surface area (Å²) in [6.07, 6.45) is -2.81. The van der Waals surface area contributed by atoms with Crippen molar-refractivity contribution in [1.82, 2.24) is 5.32 Å². The van der Waals surface area contributed by atoms with Gasteiger partial charge >= 0.3 is 6.18 Å². The normalized spacial score (nSPS) is 24.0. The first-order valence-corrected chi connectivity index (χ1v) is 10.6. The van der Waals surface area contributed by atoms with E-state index in [0.717, 1.165) is 12.1 Å². The first kappa shape index (κ1) is 22.4. The molecular weight excluding hydrogens is 427 g/mol. The smallest absolute Gasteiger partial charge is 0.416 e. The predicted octanol–water partition coefficient (Wildman–Crippen LogP) is 3.46. The van der Waals surface area contributed by atoms with Crippen LogP contribution in [-0.4, -0.2) is 50.0 Å². The van der Waals surface area contributed by atoms with Crippen LogP contribution in [0.2, 0.25) is 0 Å². The van der Waals surface area contributed by atoms with E-state index in [0.29, 0.717) is 57.6 Å². The number of aliphatic hydroxyl groups excluding tert-OH is 1. The van der Waals surface area contributed by atoms with Gasteiger partial charge in [-0.2, -0.15) is 18.4 Å². The highest BCUT2D eigenvalue weighted by Crippen LogP contribution is 2.40. The van der Waals surface area contributed by atoms with E-state index < -0.39 is 23.1 Å². The van der Waals surface area contributed by atoms with Gasteiger partial charge in [0.15, 0.2) is 0 Å². The van der Waals surface area contributed by atoms with Crippen LogP contribution in [0.3, 0.4) is 0 Å². The van der Waals surface area contributed by atoms with Gasteiger partial charge in [0.25, 0.3) is 5.91 Å². The molecule has 4 rings (SSSR count). The zero-order valence-corrected chi connectivity index (χ0v) is 17.4. The first-order valence-electron chi connectivity index (χ1n) is 10.6. The summed E-state index contributed by atoms with van der Waals surface area (Å²) in [4.78, 5) is 14.3. The summed E-state index contributed by atoms with van der Waals surface area (Å²) in [6, 6.07) is 5.52. The Kier molecular flexibility index (Phi) is 6.05. The molecule has 32 heavy (non-hydrogen) atoms. The number of carbonyl (C=O) groups is 1. The number of aliphatic hydroxyl groups is 1. The van der Waals surface area contributed by atoms with Crippen molar-refractivity contribution in [3.05, 3.63) is 29.5 Å². The van der Waals surface area contributed by atoms with Crippen LogP contribution in [-0.2, 0) is 10.9 Å². The van der Waals surface area contributed by atoms with Gasteiger partial charge in [-0.05, 0) is 43.9 Å². The lowest BCUT2D eigenvalue weighted by Crippen LogP contribution is -2.38. The van der Waals surface area contributed by atoms with Crippen LogP contribution in [0.5, 0.6) is 0 Å². The quantitative estimate of drug-likeness (QED) is 0.723. The fourth-order valence-corrected chi connectivity index (χ4v) is 4.55. The van der Waals surface area contributed by atoms with Crippen LogP contribution >= 0.6 is 0 Å². The Morgan fingerprint density at radius 3 is 2.91 bits per heavy atom. The van der Waals surface area contributed by atoms with Crippen molar-refractivity contribution in [3.63, 3.8) is 0 Å². The Hall–Kier alpha value is -2.77. The van der Waals surface area contributed by atoms with E-state index >= 15 is 0 Å². The molecule has 2 aliphatic rings. The molecule has 0 radical (unpaired) electrons. The summed E-state index contributed by atoms with van der Waals surface area (Å²) < 4.78 is 51.3. The minimum atomic E-state index is -4.51. The van der Waals surface area contributed by atoms with Gasteiger partial charge in [0.2, 0.25) is 5.76 Å². The van der Waals surface area contributed by atoms with Crippen molar-refractivity contribution in [2.24, 2.45) is 5.41 Å². The van der Waals surface area contributed by atoms with Crippen molar-refractivity contribution in [2.75, 3.05) is 37.7 Å². The number of nitrogens with zero attached hydrogens (tertiary/aromatic N) is 2. The minimum absolute atomic E-state index is 0.00645. The Morgan fingerprint density at radius 1 is 1.38 bits per heavy atom. The molecule has 172 valence electrons. The monoisotopic (exact) mass is 451 g/mol.